The Labute approximate surface area is 108 Å². The van der Waals surface area contributed by atoms with Crippen molar-refractivity contribution >= 4 is 17.2 Å². The largest absolute Gasteiger partial charge is 0.396 e. The van der Waals surface area contributed by atoms with Crippen molar-refractivity contribution in [1.82, 2.24) is 4.98 Å². The predicted octanol–water partition coefficient (Wildman–Crippen LogP) is 3.84. The van der Waals surface area contributed by atoms with E-state index in [0.29, 0.717) is 11.6 Å². The molecule has 0 aliphatic rings. The molecule has 0 unspecified atom stereocenters. The molecule has 1 heterocycles. The SMILES string of the molecule is Cc1ccc(N)c(Nc2cccc(C(C)C)c2)n1. The van der Waals surface area contributed by atoms with Gasteiger partial charge in [0.25, 0.3) is 0 Å². The van der Waals surface area contributed by atoms with E-state index in [1.54, 1.807) is 0 Å². The molecule has 2 aromatic rings. The summed E-state index contributed by atoms with van der Waals surface area (Å²) in [6, 6.07) is 12.1. The number of hydrogen-bond donors (Lipinski definition) is 2. The molecule has 2 rings (SSSR count). The number of aryl methyl sites for hydroxylation is 1. The highest BCUT2D eigenvalue weighted by Gasteiger charge is 2.04. The zero-order chi connectivity index (χ0) is 13.1. The molecule has 0 atom stereocenters. The highest BCUT2D eigenvalue weighted by molar-refractivity contribution is 5.69. The molecule has 0 bridgehead atoms. The summed E-state index contributed by atoms with van der Waals surface area (Å²) in [4.78, 5) is 4.41. The Bertz CT molecular complexity index is 547. The number of nitrogens with zero attached hydrogens (tertiary/aromatic N) is 1. The number of nitrogens with one attached hydrogen (secondary N) is 1. The predicted molar refractivity (Wildman–Crippen MR) is 77.2 cm³/mol. The topological polar surface area (TPSA) is 50.9 Å². The van der Waals surface area contributed by atoms with Gasteiger partial charge in [-0.3, -0.25) is 0 Å². The summed E-state index contributed by atoms with van der Waals surface area (Å²) in [7, 11) is 0. The van der Waals surface area contributed by atoms with Crippen LogP contribution in [0.4, 0.5) is 17.2 Å². The first-order valence-electron chi connectivity index (χ1n) is 6.16. The van der Waals surface area contributed by atoms with Crippen LogP contribution in [-0.4, -0.2) is 4.98 Å². The summed E-state index contributed by atoms with van der Waals surface area (Å²) in [5.41, 5.74) is 9.84. The summed E-state index contributed by atoms with van der Waals surface area (Å²) >= 11 is 0. The van der Waals surface area contributed by atoms with Gasteiger partial charge >= 0.3 is 0 Å². The summed E-state index contributed by atoms with van der Waals surface area (Å²) in [6.45, 7) is 6.31. The molecule has 0 fully saturated rings. The maximum atomic E-state index is 5.91. The molecule has 0 spiro atoms. The van der Waals surface area contributed by atoms with Gasteiger partial charge < -0.3 is 11.1 Å². The lowest BCUT2D eigenvalue weighted by molar-refractivity contribution is 0.867. The molecular formula is C15H19N3. The maximum absolute atomic E-state index is 5.91. The highest BCUT2D eigenvalue weighted by Crippen LogP contribution is 2.24. The zero-order valence-electron chi connectivity index (χ0n) is 11.1. The van der Waals surface area contributed by atoms with Gasteiger partial charge in [0, 0.05) is 11.4 Å². The normalized spacial score (nSPS) is 10.7. The van der Waals surface area contributed by atoms with Crippen molar-refractivity contribution in [2.24, 2.45) is 0 Å². The number of anilines is 3. The van der Waals surface area contributed by atoms with E-state index < -0.39 is 0 Å². The van der Waals surface area contributed by atoms with Gasteiger partial charge in [-0.05, 0) is 42.7 Å². The Morgan fingerprint density at radius 1 is 1.17 bits per heavy atom. The molecule has 3 heteroatoms. The Morgan fingerprint density at radius 2 is 1.94 bits per heavy atom. The Balaban J connectivity index is 2.28. The molecule has 0 saturated carbocycles. The van der Waals surface area contributed by atoms with Crippen LogP contribution < -0.4 is 11.1 Å². The molecule has 94 valence electrons. The van der Waals surface area contributed by atoms with Crippen molar-refractivity contribution < 1.29 is 0 Å². The summed E-state index contributed by atoms with van der Waals surface area (Å²) in [5, 5.41) is 3.27. The average molecular weight is 241 g/mol. The van der Waals surface area contributed by atoms with E-state index in [2.05, 4.69) is 36.3 Å². The van der Waals surface area contributed by atoms with Crippen LogP contribution >= 0.6 is 0 Å². The van der Waals surface area contributed by atoms with Crippen LogP contribution in [0.2, 0.25) is 0 Å². The quantitative estimate of drug-likeness (QED) is 0.858. The summed E-state index contributed by atoms with van der Waals surface area (Å²) < 4.78 is 0. The van der Waals surface area contributed by atoms with E-state index in [1.807, 2.05) is 31.2 Å². The number of aromatic nitrogens is 1. The van der Waals surface area contributed by atoms with E-state index in [-0.39, 0.29) is 0 Å². The molecule has 0 aliphatic carbocycles. The number of benzene rings is 1. The first-order chi connectivity index (χ1) is 8.56. The van der Waals surface area contributed by atoms with Crippen molar-refractivity contribution in [3.05, 3.63) is 47.7 Å². The smallest absolute Gasteiger partial charge is 0.153 e. The van der Waals surface area contributed by atoms with Crippen LogP contribution in [-0.2, 0) is 0 Å². The van der Waals surface area contributed by atoms with Crippen molar-refractivity contribution in [1.29, 1.82) is 0 Å². The zero-order valence-corrected chi connectivity index (χ0v) is 11.1. The van der Waals surface area contributed by atoms with E-state index >= 15 is 0 Å². The van der Waals surface area contributed by atoms with E-state index in [1.165, 1.54) is 5.56 Å². The maximum Gasteiger partial charge on any atom is 0.153 e. The van der Waals surface area contributed by atoms with E-state index in [9.17, 15) is 0 Å². The molecule has 0 saturated heterocycles. The van der Waals surface area contributed by atoms with Crippen LogP contribution in [0.5, 0.6) is 0 Å². The fraction of sp³-hybridized carbons (Fsp3) is 0.267. The highest BCUT2D eigenvalue weighted by atomic mass is 15.0. The first kappa shape index (κ1) is 12.4. The number of rotatable bonds is 3. The molecule has 18 heavy (non-hydrogen) atoms. The monoisotopic (exact) mass is 241 g/mol. The lowest BCUT2D eigenvalue weighted by atomic mass is 10.0. The second kappa shape index (κ2) is 5.08. The molecule has 3 nitrogen and oxygen atoms in total. The Morgan fingerprint density at radius 3 is 2.67 bits per heavy atom. The third kappa shape index (κ3) is 2.80. The minimum atomic E-state index is 0.509. The van der Waals surface area contributed by atoms with Gasteiger partial charge in [-0.2, -0.15) is 0 Å². The Hall–Kier alpha value is -2.03. The van der Waals surface area contributed by atoms with Crippen molar-refractivity contribution in [2.75, 3.05) is 11.1 Å². The van der Waals surface area contributed by atoms with Crippen LogP contribution in [0.25, 0.3) is 0 Å². The van der Waals surface area contributed by atoms with Gasteiger partial charge in [-0.25, -0.2) is 4.98 Å². The van der Waals surface area contributed by atoms with Crippen LogP contribution in [0.1, 0.15) is 31.0 Å². The number of nitrogen functional groups attached to an aromatic ring is 1. The fourth-order valence-electron chi connectivity index (χ4n) is 1.78. The average Bonchev–Trinajstić information content (AvgIpc) is 2.34. The lowest BCUT2D eigenvalue weighted by Crippen LogP contribution is -2.00. The molecule has 0 radical (unpaired) electrons. The minimum Gasteiger partial charge on any atom is -0.396 e. The fourth-order valence-corrected chi connectivity index (χ4v) is 1.78. The van der Waals surface area contributed by atoms with Gasteiger partial charge in [0.1, 0.15) is 0 Å². The summed E-state index contributed by atoms with van der Waals surface area (Å²) in [6.07, 6.45) is 0. The second-order valence-corrected chi connectivity index (χ2v) is 4.80. The number of hydrogen-bond acceptors (Lipinski definition) is 3. The second-order valence-electron chi connectivity index (χ2n) is 4.80. The molecule has 0 amide bonds. The third-order valence-corrected chi connectivity index (χ3v) is 2.88. The van der Waals surface area contributed by atoms with Gasteiger partial charge in [-0.1, -0.05) is 26.0 Å². The minimum absolute atomic E-state index is 0.509. The molecule has 1 aromatic carbocycles. The van der Waals surface area contributed by atoms with Gasteiger partial charge in [0.2, 0.25) is 0 Å². The molecular weight excluding hydrogens is 222 g/mol. The molecule has 3 N–H and O–H groups in total. The van der Waals surface area contributed by atoms with Crippen molar-refractivity contribution in [3.8, 4) is 0 Å². The van der Waals surface area contributed by atoms with Gasteiger partial charge in [0.15, 0.2) is 5.82 Å². The van der Waals surface area contributed by atoms with Crippen LogP contribution in [0.3, 0.4) is 0 Å². The number of pyridine rings is 1. The van der Waals surface area contributed by atoms with E-state index in [4.69, 9.17) is 5.73 Å². The van der Waals surface area contributed by atoms with Crippen molar-refractivity contribution in [2.45, 2.75) is 26.7 Å². The van der Waals surface area contributed by atoms with Crippen LogP contribution in [0, 0.1) is 6.92 Å². The summed E-state index contributed by atoms with van der Waals surface area (Å²) in [5.74, 6) is 1.23. The van der Waals surface area contributed by atoms with Gasteiger partial charge in [-0.15, -0.1) is 0 Å². The van der Waals surface area contributed by atoms with E-state index in [0.717, 1.165) is 17.2 Å². The standard InChI is InChI=1S/C15H19N3/c1-10(2)12-5-4-6-13(9-12)18-15-14(16)8-7-11(3)17-15/h4-10H,16H2,1-3H3,(H,17,18). The first-order valence-corrected chi connectivity index (χ1v) is 6.16. The lowest BCUT2D eigenvalue weighted by Gasteiger charge is -2.11. The third-order valence-electron chi connectivity index (χ3n) is 2.88. The molecule has 0 aliphatic heterocycles. The molecule has 1 aromatic heterocycles. The number of nitrogens with two attached hydrogens (primary N) is 1. The Kier molecular flexibility index (Phi) is 3.51. The van der Waals surface area contributed by atoms with Gasteiger partial charge in [0.05, 0.1) is 5.69 Å². The van der Waals surface area contributed by atoms with Crippen LogP contribution in [0.15, 0.2) is 36.4 Å². The van der Waals surface area contributed by atoms with Crippen molar-refractivity contribution in [3.63, 3.8) is 0 Å².